The quantitative estimate of drug-likeness (QED) is 0.365. The van der Waals surface area contributed by atoms with Crippen LogP contribution in [0.5, 0.6) is 11.5 Å². The van der Waals surface area contributed by atoms with Crippen LogP contribution in [0.25, 0.3) is 0 Å². The Labute approximate surface area is 223 Å². The van der Waals surface area contributed by atoms with Gasteiger partial charge in [-0.05, 0) is 48.4 Å². The topological polar surface area (TPSA) is 149 Å². The number of fused-ring (bicyclic) bond motifs is 1. The number of nitrogens with one attached hydrogen (secondary N) is 3. The van der Waals surface area contributed by atoms with Crippen LogP contribution in [-0.4, -0.2) is 44.3 Å². The van der Waals surface area contributed by atoms with Crippen molar-refractivity contribution in [1.29, 1.82) is 0 Å². The lowest BCUT2D eigenvalue weighted by molar-refractivity contribution is -0.194. The molecule has 2 aromatic carbocycles. The number of rotatable bonds is 8. The Hall–Kier alpha value is -3.82. The number of methoxy groups -OCH3 is 2. The maximum atomic E-state index is 14.6. The molecule has 3 aromatic rings. The molecule has 1 amide bonds. The summed E-state index contributed by atoms with van der Waals surface area (Å²) < 4.78 is 82.2. The number of anilines is 1. The normalized spacial score (nSPS) is 17.0. The molecule has 0 unspecified atom stereocenters. The minimum absolute atomic E-state index is 0.0458. The number of H-pyrrole nitrogens is 1. The van der Waals surface area contributed by atoms with Crippen molar-refractivity contribution < 1.29 is 35.9 Å². The van der Waals surface area contributed by atoms with Gasteiger partial charge in [0.2, 0.25) is 15.6 Å². The number of hydrogen-bond donors (Lipinski definition) is 3. The van der Waals surface area contributed by atoms with E-state index in [0.29, 0.717) is 17.1 Å². The third-order valence-electron chi connectivity index (χ3n) is 6.06. The Balaban J connectivity index is 1.82. The molecule has 4 rings (SSSR count). The highest BCUT2D eigenvalue weighted by Gasteiger charge is 2.69. The van der Waals surface area contributed by atoms with E-state index in [2.05, 4.69) is 0 Å². The first-order valence-electron chi connectivity index (χ1n) is 11.0. The average Bonchev–Trinajstić information content (AvgIpc) is 3.16. The smallest absolute Gasteiger partial charge is 0.421 e. The van der Waals surface area contributed by atoms with Crippen LogP contribution in [0.2, 0.25) is 5.02 Å². The number of carbonyl (C=O) groups is 1. The molecule has 39 heavy (non-hydrogen) atoms. The molecule has 0 aliphatic carbocycles. The molecule has 1 atom stereocenters. The molecule has 0 spiro atoms. The van der Waals surface area contributed by atoms with Gasteiger partial charge < -0.3 is 14.8 Å². The Bertz CT molecular complexity index is 1670. The highest BCUT2D eigenvalue weighted by molar-refractivity contribution is 7.89. The van der Waals surface area contributed by atoms with Crippen LogP contribution in [-0.2, 0) is 33.3 Å². The van der Waals surface area contributed by atoms with Gasteiger partial charge in [-0.25, -0.2) is 13.2 Å². The van der Waals surface area contributed by atoms with Crippen molar-refractivity contribution in [2.75, 3.05) is 19.5 Å². The number of alkyl halides is 3. The second-order valence-corrected chi connectivity index (χ2v) is 10.5. The lowest BCUT2D eigenvalue weighted by Crippen LogP contribution is -2.61. The van der Waals surface area contributed by atoms with Gasteiger partial charge >= 0.3 is 11.9 Å². The lowest BCUT2D eigenvalue weighted by atomic mass is 9.93. The zero-order chi connectivity index (χ0) is 28.8. The van der Waals surface area contributed by atoms with E-state index in [-0.39, 0.29) is 18.0 Å². The second kappa shape index (κ2) is 10.1. The molecule has 208 valence electrons. The van der Waals surface area contributed by atoms with E-state index in [1.807, 2.05) is 5.32 Å². The van der Waals surface area contributed by atoms with E-state index in [4.69, 9.17) is 21.1 Å². The van der Waals surface area contributed by atoms with Crippen molar-refractivity contribution in [2.24, 2.45) is 0 Å². The third-order valence-corrected chi connectivity index (χ3v) is 7.78. The molecular formula is C23H20ClF3N4O7S. The first-order valence-corrected chi connectivity index (χ1v) is 12.9. The zero-order valence-electron chi connectivity index (χ0n) is 20.2. The van der Waals surface area contributed by atoms with Gasteiger partial charge in [0.05, 0.1) is 24.7 Å². The first kappa shape index (κ1) is 28.2. The fourth-order valence-corrected chi connectivity index (χ4v) is 5.61. The Morgan fingerprint density at radius 3 is 2.26 bits per heavy atom. The number of carbonyl (C=O) groups excluding carboxylic acids is 1. The number of benzene rings is 2. The standard InChI is InChI=1S/C23H20ClF3N4O7S/c1-37-15-8-3-12(11-16(15)38-2)9-10-31-18-17(19(32)29-21(31)34)22(20(33)28-18,23(25,26)27)30-39(35,36)14-6-4-13(24)5-7-14/h3-8,11,30H,9-10H2,1-2H3,(H,28,33)(H,29,32,34)/t22-/m0/s1. The largest absolute Gasteiger partial charge is 0.493 e. The van der Waals surface area contributed by atoms with Gasteiger partial charge in [0, 0.05) is 11.6 Å². The van der Waals surface area contributed by atoms with Gasteiger partial charge in [-0.1, -0.05) is 17.7 Å². The van der Waals surface area contributed by atoms with E-state index in [9.17, 15) is 36.0 Å². The van der Waals surface area contributed by atoms with E-state index >= 15 is 0 Å². The maximum absolute atomic E-state index is 14.6. The van der Waals surface area contributed by atoms with Crippen molar-refractivity contribution in [1.82, 2.24) is 14.3 Å². The summed E-state index contributed by atoms with van der Waals surface area (Å²) in [4.78, 5) is 39.4. The predicted molar refractivity (Wildman–Crippen MR) is 133 cm³/mol. The number of hydrogen-bond acceptors (Lipinski definition) is 7. The van der Waals surface area contributed by atoms with E-state index in [1.54, 1.807) is 23.2 Å². The molecule has 11 nitrogen and oxygen atoms in total. The fraction of sp³-hybridized carbons (Fsp3) is 0.261. The summed E-state index contributed by atoms with van der Waals surface area (Å²) >= 11 is 5.73. The summed E-state index contributed by atoms with van der Waals surface area (Å²) in [5.74, 6) is -1.92. The maximum Gasteiger partial charge on any atom is 0.421 e. The second-order valence-electron chi connectivity index (χ2n) is 8.34. The predicted octanol–water partition coefficient (Wildman–Crippen LogP) is 2.14. The van der Waals surface area contributed by atoms with Crippen molar-refractivity contribution in [3.8, 4) is 11.5 Å². The fourth-order valence-electron chi connectivity index (χ4n) is 4.15. The van der Waals surface area contributed by atoms with Crippen LogP contribution in [0.3, 0.4) is 0 Å². The zero-order valence-corrected chi connectivity index (χ0v) is 21.8. The van der Waals surface area contributed by atoms with Crippen LogP contribution in [0, 0.1) is 0 Å². The molecule has 0 saturated heterocycles. The summed E-state index contributed by atoms with van der Waals surface area (Å²) in [6, 6.07) is 8.88. The average molecular weight is 589 g/mol. The van der Waals surface area contributed by atoms with Crippen LogP contribution >= 0.6 is 11.6 Å². The number of aromatic amines is 1. The van der Waals surface area contributed by atoms with Crippen molar-refractivity contribution in [2.45, 2.75) is 29.6 Å². The minimum atomic E-state index is -5.64. The van der Waals surface area contributed by atoms with Crippen molar-refractivity contribution in [3.05, 3.63) is 79.5 Å². The number of ether oxygens (including phenoxy) is 2. The highest BCUT2D eigenvalue weighted by atomic mass is 35.5. The third kappa shape index (κ3) is 4.88. The van der Waals surface area contributed by atoms with Gasteiger partial charge in [-0.3, -0.25) is 19.1 Å². The summed E-state index contributed by atoms with van der Waals surface area (Å²) in [6.45, 7) is -0.300. The molecular weight excluding hydrogens is 569 g/mol. The van der Waals surface area contributed by atoms with Gasteiger partial charge in [-0.2, -0.15) is 17.9 Å². The SMILES string of the molecule is COc1ccc(CCn2c3c(c(=O)[nH]c2=O)[C@@](NS(=O)(=O)c2ccc(Cl)cc2)(C(F)(F)F)C(=O)N3)cc1OC. The number of aromatic nitrogens is 2. The molecule has 2 heterocycles. The Morgan fingerprint density at radius 2 is 1.67 bits per heavy atom. The molecule has 0 radical (unpaired) electrons. The molecule has 1 aliphatic rings. The van der Waals surface area contributed by atoms with Gasteiger partial charge in [0.1, 0.15) is 5.82 Å². The van der Waals surface area contributed by atoms with E-state index in [0.717, 1.165) is 28.8 Å². The van der Waals surface area contributed by atoms with Crippen molar-refractivity contribution >= 4 is 33.3 Å². The molecule has 3 N–H and O–H groups in total. The van der Waals surface area contributed by atoms with Crippen molar-refractivity contribution in [3.63, 3.8) is 0 Å². The monoisotopic (exact) mass is 588 g/mol. The van der Waals surface area contributed by atoms with E-state index in [1.165, 1.54) is 18.9 Å². The van der Waals surface area contributed by atoms with Crippen LogP contribution in [0.1, 0.15) is 11.1 Å². The Kier molecular flexibility index (Phi) is 7.27. The number of amides is 1. The summed E-state index contributed by atoms with van der Waals surface area (Å²) in [6.07, 6.45) is -5.59. The van der Waals surface area contributed by atoms with Gasteiger partial charge in [0.25, 0.3) is 11.5 Å². The molecule has 0 bridgehead atoms. The first-order chi connectivity index (χ1) is 18.2. The molecule has 0 fully saturated rings. The highest BCUT2D eigenvalue weighted by Crippen LogP contribution is 2.46. The number of aryl methyl sites for hydroxylation is 1. The summed E-state index contributed by atoms with van der Waals surface area (Å²) in [7, 11) is -2.21. The van der Waals surface area contributed by atoms with E-state index < -0.39 is 55.2 Å². The van der Waals surface area contributed by atoms with Crippen LogP contribution < -0.4 is 30.8 Å². The van der Waals surface area contributed by atoms with Crippen LogP contribution in [0.15, 0.2) is 56.9 Å². The summed E-state index contributed by atoms with van der Waals surface area (Å²) in [5.41, 5.74) is -7.48. The van der Waals surface area contributed by atoms with Gasteiger partial charge in [-0.15, -0.1) is 0 Å². The Morgan fingerprint density at radius 1 is 1.03 bits per heavy atom. The lowest BCUT2D eigenvalue weighted by Gasteiger charge is -2.29. The summed E-state index contributed by atoms with van der Waals surface area (Å²) in [5, 5.41) is 2.01. The minimum Gasteiger partial charge on any atom is -0.493 e. The molecule has 16 heteroatoms. The number of sulfonamides is 1. The number of nitrogens with zero attached hydrogens (tertiary/aromatic N) is 1. The molecule has 1 aliphatic heterocycles. The number of halogens is 4. The van der Waals surface area contributed by atoms with Crippen LogP contribution in [0.4, 0.5) is 19.0 Å². The van der Waals surface area contributed by atoms with Gasteiger partial charge in [0.15, 0.2) is 11.5 Å². The molecule has 0 saturated carbocycles. The molecule has 1 aromatic heterocycles.